The number of anilines is 1. The minimum atomic E-state index is -0.0693. The Morgan fingerprint density at radius 2 is 2.00 bits per heavy atom. The maximum Gasteiger partial charge on any atom is 0.239 e. The maximum atomic E-state index is 11.7. The molecule has 0 unspecified atom stereocenters. The highest BCUT2D eigenvalue weighted by atomic mass is 16.1. The molecule has 2 aromatic rings. The molecule has 1 aromatic carbocycles. The van der Waals surface area contributed by atoms with Gasteiger partial charge in [-0.15, -0.1) is 0 Å². The van der Waals surface area contributed by atoms with Gasteiger partial charge in [0, 0.05) is 11.9 Å². The largest absolute Gasteiger partial charge is 0.376 e. The topological polar surface area (TPSA) is 66.9 Å². The number of benzene rings is 1. The Morgan fingerprint density at radius 3 is 2.74 bits per heavy atom. The van der Waals surface area contributed by atoms with Crippen LogP contribution in [0, 0.1) is 6.92 Å². The summed E-state index contributed by atoms with van der Waals surface area (Å²) < 4.78 is 0. The Kier molecular flexibility index (Phi) is 4.44. The summed E-state index contributed by atoms with van der Waals surface area (Å²) in [4.78, 5) is 19.9. The second kappa shape index (κ2) is 6.49. The molecule has 1 aromatic heterocycles. The molecule has 0 saturated carbocycles. The smallest absolute Gasteiger partial charge is 0.239 e. The molecule has 0 aliphatic carbocycles. The second-order valence-electron chi connectivity index (χ2n) is 4.09. The van der Waals surface area contributed by atoms with Crippen molar-refractivity contribution in [3.8, 4) is 0 Å². The SMILES string of the molecule is Cc1nccc(CNC(=O)CNc2ccccc2)n1. The van der Waals surface area contributed by atoms with E-state index in [1.165, 1.54) is 0 Å². The maximum absolute atomic E-state index is 11.7. The van der Waals surface area contributed by atoms with Crippen molar-refractivity contribution in [2.75, 3.05) is 11.9 Å². The molecule has 98 valence electrons. The lowest BCUT2D eigenvalue weighted by atomic mass is 10.3. The first-order chi connectivity index (χ1) is 9.24. The van der Waals surface area contributed by atoms with Crippen LogP contribution in [-0.2, 0) is 11.3 Å². The van der Waals surface area contributed by atoms with Crippen LogP contribution in [0.15, 0.2) is 42.6 Å². The molecule has 0 atom stereocenters. The number of carbonyl (C=O) groups excluding carboxylic acids is 1. The molecule has 0 spiro atoms. The van der Waals surface area contributed by atoms with Gasteiger partial charge in [0.15, 0.2) is 0 Å². The van der Waals surface area contributed by atoms with E-state index in [4.69, 9.17) is 0 Å². The molecule has 1 amide bonds. The third-order valence-electron chi connectivity index (χ3n) is 2.53. The van der Waals surface area contributed by atoms with Crippen molar-refractivity contribution >= 4 is 11.6 Å². The minimum Gasteiger partial charge on any atom is -0.376 e. The minimum absolute atomic E-state index is 0.0693. The molecule has 0 saturated heterocycles. The van der Waals surface area contributed by atoms with Crippen LogP contribution in [0.1, 0.15) is 11.5 Å². The lowest BCUT2D eigenvalue weighted by Gasteiger charge is -2.07. The third-order valence-corrected chi connectivity index (χ3v) is 2.53. The van der Waals surface area contributed by atoms with Crippen molar-refractivity contribution in [3.05, 3.63) is 54.1 Å². The van der Waals surface area contributed by atoms with E-state index >= 15 is 0 Å². The normalized spacial score (nSPS) is 9.95. The molecule has 2 rings (SSSR count). The molecule has 19 heavy (non-hydrogen) atoms. The summed E-state index contributed by atoms with van der Waals surface area (Å²) in [6.07, 6.45) is 1.69. The Balaban J connectivity index is 1.76. The summed E-state index contributed by atoms with van der Waals surface area (Å²) in [6.45, 7) is 2.48. The Morgan fingerprint density at radius 1 is 1.21 bits per heavy atom. The molecule has 5 nitrogen and oxygen atoms in total. The monoisotopic (exact) mass is 256 g/mol. The van der Waals surface area contributed by atoms with Gasteiger partial charge >= 0.3 is 0 Å². The summed E-state index contributed by atoms with van der Waals surface area (Å²) in [5, 5.41) is 5.85. The van der Waals surface area contributed by atoms with Gasteiger partial charge in [-0.3, -0.25) is 4.79 Å². The van der Waals surface area contributed by atoms with Gasteiger partial charge in [-0.25, -0.2) is 9.97 Å². The van der Waals surface area contributed by atoms with Gasteiger partial charge in [0.2, 0.25) is 5.91 Å². The number of nitrogens with one attached hydrogen (secondary N) is 2. The van der Waals surface area contributed by atoms with Gasteiger partial charge in [0.25, 0.3) is 0 Å². The van der Waals surface area contributed by atoms with E-state index < -0.39 is 0 Å². The van der Waals surface area contributed by atoms with Crippen LogP contribution in [0.25, 0.3) is 0 Å². The predicted octanol–water partition coefficient (Wildman–Crippen LogP) is 1.51. The zero-order chi connectivity index (χ0) is 13.5. The first kappa shape index (κ1) is 13.0. The zero-order valence-corrected chi connectivity index (χ0v) is 10.8. The predicted molar refractivity (Wildman–Crippen MR) is 73.5 cm³/mol. The number of aromatic nitrogens is 2. The zero-order valence-electron chi connectivity index (χ0n) is 10.8. The molecular weight excluding hydrogens is 240 g/mol. The third kappa shape index (κ3) is 4.39. The van der Waals surface area contributed by atoms with Crippen molar-refractivity contribution in [2.45, 2.75) is 13.5 Å². The highest BCUT2D eigenvalue weighted by Gasteiger charge is 2.02. The van der Waals surface area contributed by atoms with Gasteiger partial charge in [-0.1, -0.05) is 18.2 Å². The van der Waals surface area contributed by atoms with Crippen molar-refractivity contribution < 1.29 is 4.79 Å². The van der Waals surface area contributed by atoms with Gasteiger partial charge in [0.1, 0.15) is 5.82 Å². The first-order valence-corrected chi connectivity index (χ1v) is 6.08. The fourth-order valence-electron chi connectivity index (χ4n) is 1.59. The average molecular weight is 256 g/mol. The standard InChI is InChI=1S/C14H16N4O/c1-11-15-8-7-13(18-11)9-17-14(19)10-16-12-5-3-2-4-6-12/h2-8,16H,9-10H2,1H3,(H,17,19). The highest BCUT2D eigenvalue weighted by molar-refractivity contribution is 5.80. The number of amides is 1. The molecule has 0 radical (unpaired) electrons. The summed E-state index contributed by atoms with van der Waals surface area (Å²) in [7, 11) is 0. The lowest BCUT2D eigenvalue weighted by molar-refractivity contribution is -0.119. The fourth-order valence-corrected chi connectivity index (χ4v) is 1.59. The van der Waals surface area contributed by atoms with E-state index in [1.807, 2.05) is 37.3 Å². The van der Waals surface area contributed by atoms with Crippen molar-refractivity contribution in [3.63, 3.8) is 0 Å². The number of hydrogen-bond donors (Lipinski definition) is 2. The number of hydrogen-bond acceptors (Lipinski definition) is 4. The quantitative estimate of drug-likeness (QED) is 0.851. The lowest BCUT2D eigenvalue weighted by Crippen LogP contribution is -2.29. The fraction of sp³-hybridized carbons (Fsp3) is 0.214. The number of rotatable bonds is 5. The summed E-state index contributed by atoms with van der Waals surface area (Å²) >= 11 is 0. The van der Waals surface area contributed by atoms with Gasteiger partial charge in [0.05, 0.1) is 18.8 Å². The van der Waals surface area contributed by atoms with Gasteiger partial charge < -0.3 is 10.6 Å². The molecule has 0 aliphatic rings. The van der Waals surface area contributed by atoms with Crippen LogP contribution in [-0.4, -0.2) is 22.4 Å². The second-order valence-corrected chi connectivity index (χ2v) is 4.09. The molecule has 2 N–H and O–H groups in total. The van der Waals surface area contributed by atoms with E-state index in [9.17, 15) is 4.79 Å². The van der Waals surface area contributed by atoms with Crippen LogP contribution in [0.2, 0.25) is 0 Å². The van der Waals surface area contributed by atoms with E-state index in [1.54, 1.807) is 12.3 Å². The number of aryl methyl sites for hydroxylation is 1. The number of carbonyl (C=O) groups is 1. The van der Waals surface area contributed by atoms with Crippen LogP contribution in [0.3, 0.4) is 0 Å². The average Bonchev–Trinajstić information content (AvgIpc) is 2.44. The summed E-state index contributed by atoms with van der Waals surface area (Å²) in [5.41, 5.74) is 1.73. The Hall–Kier alpha value is -2.43. The van der Waals surface area contributed by atoms with Gasteiger partial charge in [-0.2, -0.15) is 0 Å². The van der Waals surface area contributed by atoms with E-state index in [2.05, 4.69) is 20.6 Å². The molecular formula is C14H16N4O. The molecule has 1 heterocycles. The molecule has 5 heteroatoms. The van der Waals surface area contributed by atoms with Crippen LogP contribution >= 0.6 is 0 Å². The van der Waals surface area contributed by atoms with Crippen molar-refractivity contribution in [1.82, 2.24) is 15.3 Å². The van der Waals surface area contributed by atoms with E-state index in [0.717, 1.165) is 11.4 Å². The first-order valence-electron chi connectivity index (χ1n) is 6.08. The van der Waals surface area contributed by atoms with Crippen LogP contribution in [0.5, 0.6) is 0 Å². The van der Waals surface area contributed by atoms with E-state index in [-0.39, 0.29) is 12.5 Å². The summed E-state index contributed by atoms with van der Waals surface area (Å²) in [6, 6.07) is 11.4. The van der Waals surface area contributed by atoms with Crippen molar-refractivity contribution in [1.29, 1.82) is 0 Å². The number of para-hydroxylation sites is 1. The van der Waals surface area contributed by atoms with Crippen LogP contribution in [0.4, 0.5) is 5.69 Å². The Bertz CT molecular complexity index is 542. The summed E-state index contributed by atoms with van der Waals surface area (Å²) in [5.74, 6) is 0.634. The Labute approximate surface area is 112 Å². The molecule has 0 bridgehead atoms. The van der Waals surface area contributed by atoms with Crippen LogP contribution < -0.4 is 10.6 Å². The number of nitrogens with zero attached hydrogens (tertiary/aromatic N) is 2. The molecule has 0 aliphatic heterocycles. The van der Waals surface area contributed by atoms with Gasteiger partial charge in [-0.05, 0) is 25.1 Å². The highest BCUT2D eigenvalue weighted by Crippen LogP contribution is 2.03. The van der Waals surface area contributed by atoms with Crippen molar-refractivity contribution in [2.24, 2.45) is 0 Å². The molecule has 0 fully saturated rings. The van der Waals surface area contributed by atoms with E-state index in [0.29, 0.717) is 12.4 Å².